The van der Waals surface area contributed by atoms with Crippen LogP contribution >= 0.6 is 11.3 Å². The highest BCUT2D eigenvalue weighted by Crippen LogP contribution is 2.48. The molecule has 0 bridgehead atoms. The minimum atomic E-state index is -1.23. The van der Waals surface area contributed by atoms with Gasteiger partial charge in [-0.15, -0.1) is 17.9 Å². The molecule has 1 aromatic heterocycles. The van der Waals surface area contributed by atoms with Crippen molar-refractivity contribution in [2.45, 2.75) is 18.8 Å². The average Bonchev–Trinajstić information content (AvgIpc) is 3.11. The number of thiophene rings is 1. The van der Waals surface area contributed by atoms with Crippen LogP contribution < -0.4 is 0 Å². The van der Waals surface area contributed by atoms with E-state index in [9.17, 15) is 9.59 Å². The monoisotopic (exact) mass is 326 g/mol. The fraction of sp³-hybridized carbons (Fsp3) is 0.263. The molecule has 0 saturated heterocycles. The fourth-order valence-electron chi connectivity index (χ4n) is 3.47. The summed E-state index contributed by atoms with van der Waals surface area (Å²) in [5, 5.41) is 1.94. The van der Waals surface area contributed by atoms with Gasteiger partial charge in [-0.3, -0.25) is 9.59 Å². The van der Waals surface area contributed by atoms with Crippen LogP contribution in [0.1, 0.15) is 33.1 Å². The largest absolute Gasteiger partial charge is 0.468 e. The van der Waals surface area contributed by atoms with Crippen molar-refractivity contribution in [1.29, 1.82) is 0 Å². The standard InChI is InChI=1S/C19H18O3S/c1-3-15(16-9-6-12-23-16)19(18(21)22-2)11-10-13-7-4-5-8-14(13)17(19)20/h3-9,12,15H,1,10-11H2,2H3/t15-,19+/m0/s1. The first kappa shape index (κ1) is 15.7. The van der Waals surface area contributed by atoms with E-state index in [2.05, 4.69) is 6.58 Å². The third kappa shape index (κ3) is 2.34. The van der Waals surface area contributed by atoms with Crippen molar-refractivity contribution in [3.63, 3.8) is 0 Å². The zero-order chi connectivity index (χ0) is 16.4. The lowest BCUT2D eigenvalue weighted by Crippen LogP contribution is -2.47. The molecule has 0 fully saturated rings. The summed E-state index contributed by atoms with van der Waals surface area (Å²) >= 11 is 1.53. The molecule has 118 valence electrons. The number of methoxy groups -OCH3 is 1. The van der Waals surface area contributed by atoms with Gasteiger partial charge in [-0.05, 0) is 29.9 Å². The maximum atomic E-state index is 13.3. The van der Waals surface area contributed by atoms with Gasteiger partial charge in [0.25, 0.3) is 0 Å². The van der Waals surface area contributed by atoms with Crippen molar-refractivity contribution < 1.29 is 14.3 Å². The number of rotatable bonds is 4. The van der Waals surface area contributed by atoms with Crippen molar-refractivity contribution in [2.75, 3.05) is 7.11 Å². The van der Waals surface area contributed by atoms with E-state index >= 15 is 0 Å². The molecule has 0 aliphatic heterocycles. The van der Waals surface area contributed by atoms with Crippen molar-refractivity contribution in [3.05, 3.63) is 70.4 Å². The van der Waals surface area contributed by atoms with Crippen LogP contribution in [-0.4, -0.2) is 18.9 Å². The van der Waals surface area contributed by atoms with Crippen LogP contribution in [0.2, 0.25) is 0 Å². The van der Waals surface area contributed by atoms with Gasteiger partial charge in [0.15, 0.2) is 5.78 Å². The number of fused-ring (bicyclic) bond motifs is 1. The molecule has 0 unspecified atom stereocenters. The zero-order valence-corrected chi connectivity index (χ0v) is 13.8. The third-order valence-electron chi connectivity index (χ3n) is 4.62. The first-order valence-electron chi connectivity index (χ1n) is 7.52. The molecule has 0 saturated carbocycles. The summed E-state index contributed by atoms with van der Waals surface area (Å²) in [6.45, 7) is 3.89. The minimum absolute atomic E-state index is 0.162. The number of allylic oxidation sites excluding steroid dienone is 1. The van der Waals surface area contributed by atoms with Gasteiger partial charge in [-0.1, -0.05) is 36.4 Å². The average molecular weight is 326 g/mol. The summed E-state index contributed by atoms with van der Waals surface area (Å²) in [7, 11) is 1.34. The molecule has 3 rings (SSSR count). The number of benzene rings is 1. The van der Waals surface area contributed by atoms with Crippen molar-refractivity contribution >= 4 is 23.1 Å². The first-order chi connectivity index (χ1) is 11.1. The Morgan fingerprint density at radius 2 is 2.13 bits per heavy atom. The Morgan fingerprint density at radius 3 is 2.78 bits per heavy atom. The van der Waals surface area contributed by atoms with Gasteiger partial charge in [0.05, 0.1) is 7.11 Å². The van der Waals surface area contributed by atoms with Gasteiger partial charge in [-0.2, -0.15) is 0 Å². The Balaban J connectivity index is 2.18. The highest BCUT2D eigenvalue weighted by Gasteiger charge is 2.54. The Morgan fingerprint density at radius 1 is 1.35 bits per heavy atom. The molecule has 23 heavy (non-hydrogen) atoms. The molecule has 0 amide bonds. The number of carbonyl (C=O) groups excluding carboxylic acids is 2. The second-order valence-corrected chi connectivity index (χ2v) is 6.66. The normalized spacial score (nSPS) is 21.3. The number of hydrogen-bond donors (Lipinski definition) is 0. The van der Waals surface area contributed by atoms with Crippen LogP contribution in [0.3, 0.4) is 0 Å². The lowest BCUT2D eigenvalue weighted by molar-refractivity contribution is -0.150. The number of Topliss-reactive ketones (excluding diaryl/α,β-unsaturated/α-hetero) is 1. The van der Waals surface area contributed by atoms with Gasteiger partial charge in [-0.25, -0.2) is 0 Å². The van der Waals surface area contributed by atoms with Crippen LogP contribution in [0.5, 0.6) is 0 Å². The number of hydrogen-bond acceptors (Lipinski definition) is 4. The molecular weight excluding hydrogens is 308 g/mol. The molecule has 3 nitrogen and oxygen atoms in total. The van der Waals surface area contributed by atoms with Crippen LogP contribution in [0.4, 0.5) is 0 Å². The molecule has 2 atom stereocenters. The van der Waals surface area contributed by atoms with Crippen LogP contribution in [0.15, 0.2) is 54.4 Å². The van der Waals surface area contributed by atoms with E-state index in [1.165, 1.54) is 18.4 Å². The highest BCUT2D eigenvalue weighted by molar-refractivity contribution is 7.10. The Bertz CT molecular complexity index is 748. The molecule has 0 radical (unpaired) electrons. The van der Waals surface area contributed by atoms with E-state index < -0.39 is 11.4 Å². The van der Waals surface area contributed by atoms with Gasteiger partial charge in [0, 0.05) is 16.4 Å². The second kappa shape index (κ2) is 6.13. The topological polar surface area (TPSA) is 43.4 Å². The number of esters is 1. The van der Waals surface area contributed by atoms with Gasteiger partial charge < -0.3 is 4.74 Å². The summed E-state index contributed by atoms with van der Waals surface area (Å²) < 4.78 is 5.06. The van der Waals surface area contributed by atoms with E-state index in [4.69, 9.17) is 4.74 Å². The summed E-state index contributed by atoms with van der Waals surface area (Å²) in [6, 6.07) is 11.4. The smallest absolute Gasteiger partial charge is 0.320 e. The summed E-state index contributed by atoms with van der Waals surface area (Å²) in [5.74, 6) is -1.02. The van der Waals surface area contributed by atoms with Crippen LogP contribution in [0.25, 0.3) is 0 Å². The fourth-order valence-corrected chi connectivity index (χ4v) is 4.39. The van der Waals surface area contributed by atoms with Crippen molar-refractivity contribution in [2.24, 2.45) is 5.41 Å². The predicted octanol–water partition coefficient (Wildman–Crippen LogP) is 4.01. The van der Waals surface area contributed by atoms with Crippen LogP contribution in [-0.2, 0) is 16.0 Å². The van der Waals surface area contributed by atoms with E-state index in [-0.39, 0.29) is 11.7 Å². The molecule has 1 aliphatic rings. The van der Waals surface area contributed by atoms with E-state index in [1.54, 1.807) is 12.1 Å². The molecule has 0 spiro atoms. The highest BCUT2D eigenvalue weighted by atomic mass is 32.1. The molecule has 2 aromatic rings. The van der Waals surface area contributed by atoms with Crippen molar-refractivity contribution in [1.82, 2.24) is 0 Å². The zero-order valence-electron chi connectivity index (χ0n) is 13.0. The molecule has 4 heteroatoms. The second-order valence-electron chi connectivity index (χ2n) is 5.68. The predicted molar refractivity (Wildman–Crippen MR) is 90.8 cm³/mol. The lowest BCUT2D eigenvalue weighted by atomic mass is 9.63. The Hall–Kier alpha value is -2.20. The number of aryl methyl sites for hydroxylation is 1. The molecule has 1 aromatic carbocycles. The number of ether oxygens (including phenoxy) is 1. The third-order valence-corrected chi connectivity index (χ3v) is 5.58. The van der Waals surface area contributed by atoms with Crippen molar-refractivity contribution in [3.8, 4) is 0 Å². The summed E-state index contributed by atoms with van der Waals surface area (Å²) in [5.41, 5.74) is 0.383. The van der Waals surface area contributed by atoms with E-state index in [0.717, 1.165) is 10.4 Å². The molecular formula is C19H18O3S. The lowest BCUT2D eigenvalue weighted by Gasteiger charge is -2.38. The number of carbonyl (C=O) groups is 2. The Labute approximate surface area is 139 Å². The SMILES string of the molecule is C=C[C@@H](c1cccs1)[C@]1(C(=O)OC)CCc2ccccc2C1=O. The quantitative estimate of drug-likeness (QED) is 0.484. The van der Waals surface area contributed by atoms with E-state index in [0.29, 0.717) is 18.4 Å². The van der Waals surface area contributed by atoms with Gasteiger partial charge in [0.2, 0.25) is 0 Å². The summed E-state index contributed by atoms with van der Waals surface area (Å²) in [4.78, 5) is 27.0. The maximum absolute atomic E-state index is 13.3. The van der Waals surface area contributed by atoms with E-state index in [1.807, 2.05) is 35.7 Å². The maximum Gasteiger partial charge on any atom is 0.320 e. The molecule has 1 aliphatic carbocycles. The molecule has 1 heterocycles. The Kier molecular flexibility index (Phi) is 4.18. The minimum Gasteiger partial charge on any atom is -0.468 e. The number of ketones is 1. The van der Waals surface area contributed by atoms with Crippen LogP contribution in [0, 0.1) is 5.41 Å². The summed E-state index contributed by atoms with van der Waals surface area (Å²) in [6.07, 6.45) is 2.81. The van der Waals surface area contributed by atoms with Gasteiger partial charge in [0.1, 0.15) is 5.41 Å². The van der Waals surface area contributed by atoms with Gasteiger partial charge >= 0.3 is 5.97 Å². The molecule has 0 N–H and O–H groups in total. The first-order valence-corrected chi connectivity index (χ1v) is 8.40.